The molecule has 5 aromatic rings. The highest BCUT2D eigenvalue weighted by atomic mass is 16.5. The van der Waals surface area contributed by atoms with E-state index in [0.29, 0.717) is 41.1 Å². The Morgan fingerprint density at radius 1 is 1.03 bits per heavy atom. The molecule has 0 aliphatic carbocycles. The molecule has 6 rings (SSSR count). The highest BCUT2D eigenvalue weighted by molar-refractivity contribution is 6.06. The van der Waals surface area contributed by atoms with Crippen LogP contribution in [-0.2, 0) is 34.1 Å². The largest absolute Gasteiger partial charge is 0.360 e. The minimum atomic E-state index is -0.415. The lowest BCUT2D eigenvalue weighted by Gasteiger charge is -2.26. The smallest absolute Gasteiger partial charge is 0.328 e. The van der Waals surface area contributed by atoms with Crippen molar-refractivity contribution in [2.45, 2.75) is 13.0 Å². The maximum atomic E-state index is 13.4. The van der Waals surface area contributed by atoms with Crippen molar-refractivity contribution in [1.82, 2.24) is 29.0 Å². The summed E-state index contributed by atoms with van der Waals surface area (Å²) in [6, 6.07) is 12.7. The Hall–Kier alpha value is -4.93. The fourth-order valence-corrected chi connectivity index (χ4v) is 4.97. The van der Waals surface area contributed by atoms with Crippen molar-refractivity contribution in [1.29, 1.82) is 0 Å². The van der Waals surface area contributed by atoms with Crippen molar-refractivity contribution in [3.8, 4) is 11.1 Å². The van der Waals surface area contributed by atoms with Crippen LogP contribution in [0.5, 0.6) is 0 Å². The van der Waals surface area contributed by atoms with Gasteiger partial charge in [-0.1, -0.05) is 23.4 Å². The molecule has 0 radical (unpaired) electrons. The van der Waals surface area contributed by atoms with Gasteiger partial charge in [0.25, 0.3) is 11.8 Å². The fourth-order valence-electron chi connectivity index (χ4n) is 4.97. The summed E-state index contributed by atoms with van der Waals surface area (Å²) >= 11 is 0. The summed E-state index contributed by atoms with van der Waals surface area (Å²) in [6.07, 6.45) is 4.05. The monoisotopic (exact) mass is 511 g/mol. The van der Waals surface area contributed by atoms with E-state index in [0.717, 1.165) is 16.6 Å². The number of aromatic nitrogens is 5. The van der Waals surface area contributed by atoms with Crippen LogP contribution in [0.4, 0.5) is 5.69 Å². The summed E-state index contributed by atoms with van der Waals surface area (Å²) in [5.41, 5.74) is 4.80. The first kappa shape index (κ1) is 23.5. The highest BCUT2D eigenvalue weighted by Gasteiger charge is 2.30. The van der Waals surface area contributed by atoms with Gasteiger partial charge < -0.3 is 14.7 Å². The average molecular weight is 512 g/mol. The molecule has 3 aromatic heterocycles. The van der Waals surface area contributed by atoms with Crippen molar-refractivity contribution in [2.75, 3.05) is 11.9 Å². The van der Waals surface area contributed by atoms with Gasteiger partial charge in [-0.2, -0.15) is 5.10 Å². The normalized spacial score (nSPS) is 13.1. The van der Waals surface area contributed by atoms with E-state index >= 15 is 0 Å². The van der Waals surface area contributed by atoms with E-state index in [4.69, 9.17) is 4.52 Å². The van der Waals surface area contributed by atoms with Gasteiger partial charge in [-0.3, -0.25) is 23.4 Å². The second-order valence-electron chi connectivity index (χ2n) is 9.42. The molecule has 4 heterocycles. The summed E-state index contributed by atoms with van der Waals surface area (Å²) in [5, 5.41) is 11.2. The number of carbonyl (C=O) groups is 2. The molecule has 38 heavy (non-hydrogen) atoms. The van der Waals surface area contributed by atoms with Crippen LogP contribution in [0.3, 0.4) is 0 Å². The molecule has 1 aliphatic rings. The molecule has 0 unspecified atom stereocenters. The predicted octanol–water partition coefficient (Wildman–Crippen LogP) is 2.72. The van der Waals surface area contributed by atoms with Crippen molar-refractivity contribution < 1.29 is 14.1 Å². The molecular weight excluding hydrogens is 486 g/mol. The Kier molecular flexibility index (Phi) is 5.48. The number of hydrogen-bond acceptors (Lipinski definition) is 6. The van der Waals surface area contributed by atoms with E-state index in [1.807, 2.05) is 37.5 Å². The molecule has 2 aromatic carbocycles. The number of imidazole rings is 1. The van der Waals surface area contributed by atoms with Crippen LogP contribution in [0.2, 0.25) is 0 Å². The minimum Gasteiger partial charge on any atom is -0.360 e. The molecule has 1 aliphatic heterocycles. The Bertz CT molecular complexity index is 1790. The molecule has 0 bridgehead atoms. The Balaban J connectivity index is 1.25. The maximum absolute atomic E-state index is 13.4. The first-order valence-corrected chi connectivity index (χ1v) is 12.1. The van der Waals surface area contributed by atoms with Gasteiger partial charge in [0.05, 0.1) is 23.8 Å². The zero-order valence-corrected chi connectivity index (χ0v) is 21.1. The number of amides is 2. The number of hydrogen-bond donors (Lipinski definition) is 1. The third kappa shape index (κ3) is 3.79. The number of aryl methyl sites for hydroxylation is 3. The van der Waals surface area contributed by atoms with Gasteiger partial charge in [-0.25, -0.2) is 4.79 Å². The molecule has 0 spiro atoms. The van der Waals surface area contributed by atoms with E-state index in [9.17, 15) is 14.4 Å². The number of fused-ring (bicyclic) bond motifs is 2. The van der Waals surface area contributed by atoms with E-state index < -0.39 is 5.91 Å². The van der Waals surface area contributed by atoms with Gasteiger partial charge in [-0.05, 0) is 24.3 Å². The lowest BCUT2D eigenvalue weighted by Crippen LogP contribution is -2.36. The maximum Gasteiger partial charge on any atom is 0.328 e. The molecule has 0 saturated carbocycles. The molecule has 11 heteroatoms. The van der Waals surface area contributed by atoms with Crippen LogP contribution in [0, 0.1) is 0 Å². The molecule has 0 atom stereocenters. The lowest BCUT2D eigenvalue weighted by atomic mass is 10.0. The van der Waals surface area contributed by atoms with Crippen molar-refractivity contribution in [3.05, 3.63) is 87.9 Å². The molecule has 192 valence electrons. The average Bonchev–Trinajstić information content (AvgIpc) is 3.61. The second-order valence-corrected chi connectivity index (χ2v) is 9.42. The zero-order valence-electron chi connectivity index (χ0n) is 21.1. The highest BCUT2D eigenvalue weighted by Crippen LogP contribution is 2.29. The number of para-hydroxylation sites is 1. The van der Waals surface area contributed by atoms with E-state index in [1.54, 1.807) is 52.6 Å². The first-order chi connectivity index (χ1) is 18.3. The van der Waals surface area contributed by atoms with Crippen molar-refractivity contribution in [2.24, 2.45) is 21.1 Å². The summed E-state index contributed by atoms with van der Waals surface area (Å²) in [5.74, 6) is -0.00895. The minimum absolute atomic E-state index is 0.152. The fraction of sp³-hybridized carbons (Fsp3) is 0.222. The van der Waals surface area contributed by atoms with Crippen LogP contribution in [0.1, 0.15) is 32.2 Å². The second kappa shape index (κ2) is 8.87. The molecule has 0 fully saturated rings. The molecule has 1 N–H and O–H groups in total. The van der Waals surface area contributed by atoms with Crippen molar-refractivity contribution in [3.63, 3.8) is 0 Å². The van der Waals surface area contributed by atoms with Crippen LogP contribution in [0.25, 0.3) is 22.2 Å². The lowest BCUT2D eigenvalue weighted by molar-refractivity contribution is 0.0727. The summed E-state index contributed by atoms with van der Waals surface area (Å²) < 4.78 is 10.2. The standard InChI is InChI=1S/C27H25N7O4/c1-31-14-17(13-28-31)18-6-4-5-7-20(18)29-25(35)24-19-15-34(11-10-23(19)38-30-24)26(36)16-8-9-21-22(12-16)33(3)27(37)32(21)2/h4-9,12-14H,10-11,15H2,1-3H3,(H,29,35). The van der Waals surface area contributed by atoms with Gasteiger partial charge in [-0.15, -0.1) is 0 Å². The molecule has 0 saturated heterocycles. The Morgan fingerprint density at radius 2 is 1.82 bits per heavy atom. The van der Waals surface area contributed by atoms with Gasteiger partial charge in [0.2, 0.25) is 0 Å². The quantitative estimate of drug-likeness (QED) is 0.396. The number of anilines is 1. The molecular formula is C27H25N7O4. The van der Waals surface area contributed by atoms with Gasteiger partial charge in [0.15, 0.2) is 5.69 Å². The van der Waals surface area contributed by atoms with Gasteiger partial charge in [0.1, 0.15) is 5.76 Å². The van der Waals surface area contributed by atoms with E-state index in [1.165, 1.54) is 4.57 Å². The number of carbonyl (C=O) groups excluding carboxylic acids is 2. The zero-order chi connectivity index (χ0) is 26.6. The number of rotatable bonds is 4. The van der Waals surface area contributed by atoms with Crippen LogP contribution in [0.15, 0.2) is 64.2 Å². The van der Waals surface area contributed by atoms with Gasteiger partial charge in [0, 0.05) is 68.2 Å². The summed E-state index contributed by atoms with van der Waals surface area (Å²) in [4.78, 5) is 40.7. The van der Waals surface area contributed by atoms with E-state index in [2.05, 4.69) is 15.6 Å². The predicted molar refractivity (Wildman–Crippen MR) is 140 cm³/mol. The number of benzene rings is 2. The molecule has 2 amide bonds. The summed E-state index contributed by atoms with van der Waals surface area (Å²) in [7, 11) is 5.21. The van der Waals surface area contributed by atoms with Crippen LogP contribution >= 0.6 is 0 Å². The third-order valence-corrected chi connectivity index (χ3v) is 7.04. The molecule has 11 nitrogen and oxygen atoms in total. The summed E-state index contributed by atoms with van der Waals surface area (Å²) in [6.45, 7) is 0.619. The first-order valence-electron chi connectivity index (χ1n) is 12.1. The van der Waals surface area contributed by atoms with Crippen LogP contribution in [-0.4, -0.2) is 47.3 Å². The van der Waals surface area contributed by atoms with Gasteiger partial charge >= 0.3 is 5.69 Å². The third-order valence-electron chi connectivity index (χ3n) is 7.04. The SMILES string of the molecule is Cn1cc(-c2ccccc2NC(=O)c2noc3c2CN(C(=O)c2ccc4c(c2)n(C)c(=O)n4C)CC3)cn1. The van der Waals surface area contributed by atoms with Crippen LogP contribution < -0.4 is 11.0 Å². The topological polar surface area (TPSA) is 120 Å². The number of nitrogens with zero attached hydrogens (tertiary/aromatic N) is 6. The number of nitrogens with one attached hydrogen (secondary N) is 1. The van der Waals surface area contributed by atoms with E-state index in [-0.39, 0.29) is 23.8 Å². The van der Waals surface area contributed by atoms with Crippen molar-refractivity contribution >= 4 is 28.5 Å². The Labute approximate surface area is 216 Å². The Morgan fingerprint density at radius 3 is 2.61 bits per heavy atom.